The molecular weight excluding hydrogens is 428 g/mol. The predicted molar refractivity (Wildman–Crippen MR) is 129 cm³/mol. The Hall–Kier alpha value is -2.89. The summed E-state index contributed by atoms with van der Waals surface area (Å²) >= 11 is 7.90. The van der Waals surface area contributed by atoms with Gasteiger partial charge in [-0.15, -0.1) is 11.3 Å². The van der Waals surface area contributed by atoms with Crippen molar-refractivity contribution < 1.29 is 9.53 Å². The van der Waals surface area contributed by atoms with E-state index in [0.29, 0.717) is 22.3 Å². The number of benzene rings is 2. The van der Waals surface area contributed by atoms with Gasteiger partial charge in [-0.1, -0.05) is 54.1 Å². The summed E-state index contributed by atoms with van der Waals surface area (Å²) in [5.41, 5.74) is 4.78. The topological polar surface area (TPSA) is 51.2 Å². The highest BCUT2D eigenvalue weighted by Gasteiger charge is 2.20. The largest absolute Gasteiger partial charge is 0.487 e. The lowest BCUT2D eigenvalue weighted by Gasteiger charge is -2.17. The molecule has 2 heterocycles. The number of nitrogens with zero attached hydrogens (tertiary/aromatic N) is 1. The fourth-order valence-electron chi connectivity index (χ4n) is 3.47. The smallest absolute Gasteiger partial charge is 0.268 e. The van der Waals surface area contributed by atoms with Gasteiger partial charge in [0.2, 0.25) is 0 Å². The van der Waals surface area contributed by atoms with Crippen molar-refractivity contribution in [3.8, 4) is 5.75 Å². The SMILES string of the molecule is Cc1ccc2c(Cl)c(C(=O)Nc3nc(C)c(OCc4ccccc4)c(C)c3C)sc2c1. The predicted octanol–water partition coefficient (Wildman–Crippen LogP) is 7.01. The lowest BCUT2D eigenvalue weighted by molar-refractivity contribution is 0.103. The van der Waals surface area contributed by atoms with E-state index in [1.807, 2.05) is 76.2 Å². The van der Waals surface area contributed by atoms with Crippen LogP contribution in [0.15, 0.2) is 48.5 Å². The fraction of sp³-hybridized carbons (Fsp3) is 0.200. The Morgan fingerprint density at radius 3 is 2.55 bits per heavy atom. The molecule has 0 radical (unpaired) electrons. The zero-order valence-electron chi connectivity index (χ0n) is 17.9. The second kappa shape index (κ2) is 8.69. The molecule has 1 amide bonds. The zero-order chi connectivity index (χ0) is 22.1. The number of fused-ring (bicyclic) bond motifs is 1. The van der Waals surface area contributed by atoms with Gasteiger partial charge < -0.3 is 10.1 Å². The molecule has 6 heteroatoms. The number of anilines is 1. The molecule has 4 rings (SSSR count). The summed E-state index contributed by atoms with van der Waals surface area (Å²) in [6.45, 7) is 8.29. The van der Waals surface area contributed by atoms with E-state index in [0.717, 1.165) is 43.8 Å². The van der Waals surface area contributed by atoms with Crippen LogP contribution in [0.5, 0.6) is 5.75 Å². The van der Waals surface area contributed by atoms with Crippen LogP contribution in [0.1, 0.15) is 37.6 Å². The van der Waals surface area contributed by atoms with Gasteiger partial charge in [0.15, 0.2) is 0 Å². The maximum atomic E-state index is 13.0. The van der Waals surface area contributed by atoms with Crippen molar-refractivity contribution in [3.63, 3.8) is 0 Å². The monoisotopic (exact) mass is 450 g/mol. The highest BCUT2D eigenvalue weighted by atomic mass is 35.5. The van der Waals surface area contributed by atoms with E-state index in [9.17, 15) is 4.79 Å². The number of carbonyl (C=O) groups excluding carboxylic acids is 1. The molecule has 0 aliphatic carbocycles. The van der Waals surface area contributed by atoms with Crippen molar-refractivity contribution in [1.82, 2.24) is 4.98 Å². The summed E-state index contributed by atoms with van der Waals surface area (Å²) in [5.74, 6) is 1.02. The van der Waals surface area contributed by atoms with Gasteiger partial charge in [-0.2, -0.15) is 0 Å². The molecule has 0 fully saturated rings. The summed E-state index contributed by atoms with van der Waals surface area (Å²) in [6, 6.07) is 16.0. The van der Waals surface area contributed by atoms with Crippen molar-refractivity contribution in [2.75, 3.05) is 5.32 Å². The van der Waals surface area contributed by atoms with E-state index >= 15 is 0 Å². The molecular formula is C25H23ClN2O2S. The van der Waals surface area contributed by atoms with Gasteiger partial charge in [-0.05, 0) is 56.0 Å². The third-order valence-electron chi connectivity index (χ3n) is 5.32. The number of nitrogens with one attached hydrogen (secondary N) is 1. The van der Waals surface area contributed by atoms with Gasteiger partial charge in [0.1, 0.15) is 23.1 Å². The summed E-state index contributed by atoms with van der Waals surface area (Å²) in [4.78, 5) is 18.1. The minimum absolute atomic E-state index is 0.254. The molecule has 31 heavy (non-hydrogen) atoms. The number of halogens is 1. The molecule has 158 valence electrons. The van der Waals surface area contributed by atoms with Crippen LogP contribution in [0, 0.1) is 27.7 Å². The lowest BCUT2D eigenvalue weighted by Crippen LogP contribution is -2.15. The van der Waals surface area contributed by atoms with E-state index < -0.39 is 0 Å². The number of amides is 1. The number of aromatic nitrogens is 1. The Bertz CT molecular complexity index is 1280. The minimum atomic E-state index is -0.254. The van der Waals surface area contributed by atoms with E-state index in [1.165, 1.54) is 11.3 Å². The molecule has 0 saturated carbocycles. The third-order valence-corrected chi connectivity index (χ3v) is 6.97. The van der Waals surface area contributed by atoms with Crippen LogP contribution in [0.3, 0.4) is 0 Å². The van der Waals surface area contributed by atoms with Crippen molar-refractivity contribution >= 4 is 44.7 Å². The van der Waals surface area contributed by atoms with Crippen LogP contribution in [0.4, 0.5) is 5.82 Å². The first-order valence-corrected chi connectivity index (χ1v) is 11.2. The summed E-state index contributed by atoms with van der Waals surface area (Å²) in [6.07, 6.45) is 0. The van der Waals surface area contributed by atoms with Gasteiger partial charge in [-0.3, -0.25) is 4.79 Å². The average Bonchev–Trinajstić information content (AvgIpc) is 3.08. The Balaban J connectivity index is 1.59. The standard InChI is InChI=1S/C25H23ClN2O2S/c1-14-10-11-19-20(12-14)31-23(21(19)26)25(29)28-24-16(3)15(2)22(17(4)27-24)30-13-18-8-6-5-7-9-18/h5-12H,13H2,1-4H3,(H,27,28,29). The third kappa shape index (κ3) is 4.29. The molecule has 0 bridgehead atoms. The quantitative estimate of drug-likeness (QED) is 0.355. The Labute approximate surface area is 190 Å². The summed E-state index contributed by atoms with van der Waals surface area (Å²) in [5, 5.41) is 4.32. The number of ether oxygens (including phenoxy) is 1. The fourth-order valence-corrected chi connectivity index (χ4v) is 4.98. The molecule has 4 aromatic rings. The molecule has 0 aliphatic rings. The number of hydrogen-bond donors (Lipinski definition) is 1. The highest BCUT2D eigenvalue weighted by molar-refractivity contribution is 7.21. The number of aryl methyl sites for hydroxylation is 2. The normalized spacial score (nSPS) is 11.0. The number of thiophene rings is 1. The molecule has 1 N–H and O–H groups in total. The zero-order valence-corrected chi connectivity index (χ0v) is 19.4. The Morgan fingerprint density at radius 1 is 1.06 bits per heavy atom. The number of pyridine rings is 1. The molecule has 0 unspecified atom stereocenters. The van der Waals surface area contributed by atoms with Gasteiger partial charge in [0, 0.05) is 10.1 Å². The maximum absolute atomic E-state index is 13.0. The van der Waals surface area contributed by atoms with Gasteiger partial charge >= 0.3 is 0 Å². The maximum Gasteiger partial charge on any atom is 0.268 e. The first kappa shape index (κ1) is 21.3. The highest BCUT2D eigenvalue weighted by Crippen LogP contribution is 2.37. The molecule has 2 aromatic carbocycles. The molecule has 4 nitrogen and oxygen atoms in total. The van der Waals surface area contributed by atoms with Crippen molar-refractivity contribution in [2.24, 2.45) is 0 Å². The van der Waals surface area contributed by atoms with Crippen molar-refractivity contribution in [3.05, 3.63) is 86.4 Å². The molecule has 0 atom stereocenters. The van der Waals surface area contributed by atoms with Crippen LogP contribution in [-0.4, -0.2) is 10.9 Å². The van der Waals surface area contributed by atoms with Gasteiger partial charge in [0.25, 0.3) is 5.91 Å². The summed E-state index contributed by atoms with van der Waals surface area (Å²) < 4.78 is 7.05. The molecule has 0 aliphatic heterocycles. The minimum Gasteiger partial charge on any atom is -0.487 e. The molecule has 2 aromatic heterocycles. The number of rotatable bonds is 5. The van der Waals surface area contributed by atoms with Crippen LogP contribution in [0.25, 0.3) is 10.1 Å². The second-order valence-electron chi connectivity index (χ2n) is 7.60. The van der Waals surface area contributed by atoms with E-state index in [4.69, 9.17) is 16.3 Å². The van der Waals surface area contributed by atoms with E-state index in [2.05, 4.69) is 10.3 Å². The van der Waals surface area contributed by atoms with Crippen LogP contribution in [-0.2, 0) is 6.61 Å². The van der Waals surface area contributed by atoms with Crippen LogP contribution in [0.2, 0.25) is 5.02 Å². The van der Waals surface area contributed by atoms with E-state index in [1.54, 1.807) is 0 Å². The van der Waals surface area contributed by atoms with Crippen molar-refractivity contribution in [2.45, 2.75) is 34.3 Å². The number of hydrogen-bond acceptors (Lipinski definition) is 4. The second-order valence-corrected chi connectivity index (χ2v) is 9.03. The number of carbonyl (C=O) groups is 1. The first-order chi connectivity index (χ1) is 14.8. The lowest BCUT2D eigenvalue weighted by atomic mass is 10.1. The van der Waals surface area contributed by atoms with Crippen LogP contribution < -0.4 is 10.1 Å². The Morgan fingerprint density at radius 2 is 1.81 bits per heavy atom. The first-order valence-electron chi connectivity index (χ1n) is 9.99. The molecule has 0 spiro atoms. The van der Waals surface area contributed by atoms with Gasteiger partial charge in [0.05, 0.1) is 10.7 Å². The van der Waals surface area contributed by atoms with Crippen LogP contribution >= 0.6 is 22.9 Å². The van der Waals surface area contributed by atoms with Gasteiger partial charge in [-0.25, -0.2) is 4.98 Å². The van der Waals surface area contributed by atoms with E-state index in [-0.39, 0.29) is 5.91 Å². The van der Waals surface area contributed by atoms with Crippen molar-refractivity contribution in [1.29, 1.82) is 0 Å². The summed E-state index contributed by atoms with van der Waals surface area (Å²) in [7, 11) is 0. The molecule has 0 saturated heterocycles. The Kier molecular flexibility index (Phi) is 5.99. The average molecular weight is 451 g/mol.